The van der Waals surface area contributed by atoms with E-state index in [1.807, 2.05) is 18.2 Å². The van der Waals surface area contributed by atoms with Crippen LogP contribution in [0.25, 0.3) is 0 Å². The topological polar surface area (TPSA) is 70.6 Å². The van der Waals surface area contributed by atoms with Gasteiger partial charge < -0.3 is 20.5 Å². The molecule has 122 valence electrons. The summed E-state index contributed by atoms with van der Waals surface area (Å²) in [5.41, 5.74) is 1.51. The zero-order chi connectivity index (χ0) is 16.7. The second-order valence-corrected chi connectivity index (χ2v) is 5.35. The maximum absolute atomic E-state index is 11.8. The van der Waals surface area contributed by atoms with E-state index in [1.165, 1.54) is 0 Å². The van der Waals surface area contributed by atoms with Crippen LogP contribution in [-0.2, 0) is 6.54 Å². The van der Waals surface area contributed by atoms with E-state index in [9.17, 15) is 9.90 Å². The van der Waals surface area contributed by atoms with Gasteiger partial charge >= 0.3 is 6.03 Å². The zero-order valence-electron chi connectivity index (χ0n) is 12.8. The predicted octanol–water partition coefficient (Wildman–Crippen LogP) is 2.88. The molecule has 0 saturated heterocycles. The third kappa shape index (κ3) is 5.16. The summed E-state index contributed by atoms with van der Waals surface area (Å²) in [6, 6.07) is 14.0. The molecule has 0 bridgehead atoms. The van der Waals surface area contributed by atoms with E-state index in [4.69, 9.17) is 16.3 Å². The van der Waals surface area contributed by atoms with Gasteiger partial charge in [-0.2, -0.15) is 0 Å². The van der Waals surface area contributed by atoms with Crippen LogP contribution < -0.4 is 15.4 Å². The molecule has 2 amide bonds. The molecule has 6 heteroatoms. The van der Waals surface area contributed by atoms with Crippen molar-refractivity contribution in [1.29, 1.82) is 0 Å². The van der Waals surface area contributed by atoms with E-state index < -0.39 is 6.10 Å². The largest absolute Gasteiger partial charge is 0.497 e. The van der Waals surface area contributed by atoms with E-state index in [0.29, 0.717) is 22.9 Å². The van der Waals surface area contributed by atoms with E-state index in [1.54, 1.807) is 37.4 Å². The molecular weight excluding hydrogens is 316 g/mol. The minimum absolute atomic E-state index is 0.0987. The summed E-state index contributed by atoms with van der Waals surface area (Å²) in [4.78, 5) is 11.8. The summed E-state index contributed by atoms with van der Waals surface area (Å²) in [5, 5.41) is 16.0. The molecule has 1 atom stereocenters. The normalized spacial score (nSPS) is 11.6. The Balaban J connectivity index is 1.80. The zero-order valence-corrected chi connectivity index (χ0v) is 13.5. The Morgan fingerprint density at radius 2 is 2.00 bits per heavy atom. The first-order chi connectivity index (χ1) is 11.1. The summed E-state index contributed by atoms with van der Waals surface area (Å²) in [6.07, 6.45) is -0.809. The number of aliphatic hydroxyl groups excluding tert-OH is 1. The lowest BCUT2D eigenvalue weighted by Gasteiger charge is -2.14. The average molecular weight is 335 g/mol. The van der Waals surface area contributed by atoms with Crippen molar-refractivity contribution in [3.8, 4) is 5.75 Å². The molecule has 0 spiro atoms. The van der Waals surface area contributed by atoms with Gasteiger partial charge in [0.1, 0.15) is 5.75 Å². The molecule has 3 N–H and O–H groups in total. The van der Waals surface area contributed by atoms with Crippen molar-refractivity contribution >= 4 is 17.6 Å². The number of carbonyl (C=O) groups is 1. The maximum Gasteiger partial charge on any atom is 0.315 e. The minimum atomic E-state index is -0.809. The van der Waals surface area contributed by atoms with Crippen LogP contribution >= 0.6 is 11.6 Å². The predicted molar refractivity (Wildman–Crippen MR) is 89.6 cm³/mol. The Labute approximate surface area is 140 Å². The molecule has 2 aromatic rings. The first kappa shape index (κ1) is 17.1. The van der Waals surface area contributed by atoms with Gasteiger partial charge in [0.2, 0.25) is 0 Å². The highest BCUT2D eigenvalue weighted by Crippen LogP contribution is 2.18. The quantitative estimate of drug-likeness (QED) is 0.760. The van der Waals surface area contributed by atoms with Gasteiger partial charge in [-0.25, -0.2) is 4.79 Å². The Morgan fingerprint density at radius 1 is 1.22 bits per heavy atom. The fraction of sp³-hybridized carbons (Fsp3) is 0.235. The molecule has 0 fully saturated rings. The number of rotatable bonds is 6. The fourth-order valence-electron chi connectivity index (χ4n) is 2.04. The summed E-state index contributed by atoms with van der Waals surface area (Å²) in [5.74, 6) is 0.657. The maximum atomic E-state index is 11.8. The molecule has 1 unspecified atom stereocenters. The van der Waals surface area contributed by atoms with Crippen molar-refractivity contribution in [2.45, 2.75) is 12.6 Å². The number of ether oxygens (including phenoxy) is 1. The second-order valence-electron chi connectivity index (χ2n) is 4.95. The number of nitrogens with one attached hydrogen (secondary N) is 2. The highest BCUT2D eigenvalue weighted by atomic mass is 35.5. The van der Waals surface area contributed by atoms with Gasteiger partial charge in [0.05, 0.1) is 13.2 Å². The van der Waals surface area contributed by atoms with Crippen LogP contribution in [0, 0.1) is 0 Å². The Morgan fingerprint density at radius 3 is 2.74 bits per heavy atom. The number of hydrogen-bond donors (Lipinski definition) is 3. The number of urea groups is 1. The molecule has 0 aromatic heterocycles. The van der Waals surface area contributed by atoms with Crippen LogP contribution in [-0.4, -0.2) is 24.8 Å². The van der Waals surface area contributed by atoms with Crippen LogP contribution in [0.3, 0.4) is 0 Å². The van der Waals surface area contributed by atoms with E-state index in [-0.39, 0.29) is 12.6 Å². The Kier molecular flexibility index (Phi) is 6.26. The third-order valence-corrected chi connectivity index (χ3v) is 3.70. The van der Waals surface area contributed by atoms with Crippen molar-refractivity contribution in [1.82, 2.24) is 10.6 Å². The van der Waals surface area contributed by atoms with Gasteiger partial charge in [-0.1, -0.05) is 41.9 Å². The van der Waals surface area contributed by atoms with Gasteiger partial charge in [0.25, 0.3) is 0 Å². The van der Waals surface area contributed by atoms with E-state index in [2.05, 4.69) is 10.6 Å². The lowest BCUT2D eigenvalue weighted by atomic mass is 10.1. The lowest BCUT2D eigenvalue weighted by molar-refractivity contribution is 0.172. The average Bonchev–Trinajstić information content (AvgIpc) is 2.59. The Bertz CT molecular complexity index is 664. The number of hydrogen-bond acceptors (Lipinski definition) is 3. The number of methoxy groups -OCH3 is 1. The van der Waals surface area contributed by atoms with Crippen LogP contribution in [0.2, 0.25) is 5.02 Å². The molecule has 2 rings (SSSR count). The summed E-state index contributed by atoms with van der Waals surface area (Å²) >= 11 is 6.02. The molecule has 2 aromatic carbocycles. The smallest absolute Gasteiger partial charge is 0.315 e. The molecule has 5 nitrogen and oxygen atoms in total. The van der Waals surface area contributed by atoms with E-state index >= 15 is 0 Å². The second kappa shape index (κ2) is 8.41. The molecule has 0 aliphatic heterocycles. The number of benzene rings is 2. The molecular formula is C17H19ClN2O3. The molecule has 0 heterocycles. The highest BCUT2D eigenvalue weighted by molar-refractivity contribution is 6.31. The van der Waals surface area contributed by atoms with Crippen molar-refractivity contribution in [2.75, 3.05) is 13.7 Å². The first-order valence-corrected chi connectivity index (χ1v) is 7.55. The number of aliphatic hydroxyl groups is 1. The molecule has 0 aliphatic rings. The van der Waals surface area contributed by atoms with Gasteiger partial charge in [-0.15, -0.1) is 0 Å². The van der Waals surface area contributed by atoms with Gasteiger partial charge in [-0.05, 0) is 29.3 Å². The summed E-state index contributed by atoms with van der Waals surface area (Å²) in [7, 11) is 1.56. The van der Waals surface area contributed by atoms with Crippen LogP contribution in [0.15, 0.2) is 48.5 Å². The molecule has 0 saturated carbocycles. The van der Waals surface area contributed by atoms with Crippen molar-refractivity contribution in [3.05, 3.63) is 64.7 Å². The van der Waals surface area contributed by atoms with Crippen molar-refractivity contribution in [2.24, 2.45) is 0 Å². The Hall–Kier alpha value is -2.24. The van der Waals surface area contributed by atoms with E-state index in [0.717, 1.165) is 5.56 Å². The molecule has 0 radical (unpaired) electrons. The van der Waals surface area contributed by atoms with Crippen LogP contribution in [0.4, 0.5) is 4.79 Å². The monoisotopic (exact) mass is 334 g/mol. The standard InChI is InChI=1S/C17H19ClN2O3/c1-23-14-7-4-6-12(9-14)16(21)11-20-17(22)19-10-13-5-2-3-8-15(13)18/h2-9,16,21H,10-11H2,1H3,(H2,19,20,22). The van der Waals surface area contributed by atoms with Crippen LogP contribution in [0.5, 0.6) is 5.75 Å². The molecule has 0 aliphatic carbocycles. The highest BCUT2D eigenvalue weighted by Gasteiger charge is 2.10. The first-order valence-electron chi connectivity index (χ1n) is 7.17. The minimum Gasteiger partial charge on any atom is -0.497 e. The lowest BCUT2D eigenvalue weighted by Crippen LogP contribution is -2.37. The van der Waals surface area contributed by atoms with Gasteiger partial charge in [0.15, 0.2) is 0 Å². The number of halogens is 1. The van der Waals surface area contributed by atoms with Crippen molar-refractivity contribution < 1.29 is 14.6 Å². The van der Waals surface area contributed by atoms with Gasteiger partial charge in [-0.3, -0.25) is 0 Å². The molecule has 23 heavy (non-hydrogen) atoms. The number of carbonyl (C=O) groups excluding carboxylic acids is 1. The third-order valence-electron chi connectivity index (χ3n) is 3.33. The van der Waals surface area contributed by atoms with Gasteiger partial charge in [0, 0.05) is 18.1 Å². The SMILES string of the molecule is COc1cccc(C(O)CNC(=O)NCc2ccccc2Cl)c1. The summed E-state index contributed by atoms with van der Waals surface area (Å²) < 4.78 is 5.11. The summed E-state index contributed by atoms with van der Waals surface area (Å²) in [6.45, 7) is 0.419. The fourth-order valence-corrected chi connectivity index (χ4v) is 2.24. The van der Waals surface area contributed by atoms with Crippen LogP contribution in [0.1, 0.15) is 17.2 Å². The van der Waals surface area contributed by atoms with Crippen molar-refractivity contribution in [3.63, 3.8) is 0 Å². The number of amides is 2.